The summed E-state index contributed by atoms with van der Waals surface area (Å²) in [5.74, 6) is 1.98. The Kier molecular flexibility index (Phi) is 8.01. The number of hydrogen-bond acceptors (Lipinski definition) is 2. The second-order valence-electron chi connectivity index (χ2n) is 6.97. The van der Waals surface area contributed by atoms with Crippen molar-refractivity contribution in [2.24, 2.45) is 17.3 Å². The van der Waals surface area contributed by atoms with E-state index in [1.165, 1.54) is 64.7 Å². The number of piperidine rings is 2. The highest BCUT2D eigenvalue weighted by Crippen LogP contribution is 2.35. The monoisotopic (exact) mass is 268 g/mol. The standard InChI is InChI=1S/C10H21N.C7H15N/c1-4-10(2,3)9-5-7-11-8-6-9;1-2-7-3-5-8-6-4-7/h9,11H,4-8H2,1-3H3;7-8H,2-6H2,1H3. The molecule has 0 amide bonds. The molecule has 0 bridgehead atoms. The van der Waals surface area contributed by atoms with Crippen molar-refractivity contribution >= 4 is 0 Å². The zero-order valence-corrected chi connectivity index (χ0v) is 13.7. The molecule has 0 aromatic rings. The van der Waals surface area contributed by atoms with Crippen molar-refractivity contribution in [3.05, 3.63) is 0 Å². The van der Waals surface area contributed by atoms with Crippen LogP contribution in [0.3, 0.4) is 0 Å². The van der Waals surface area contributed by atoms with Gasteiger partial charge in [-0.1, -0.05) is 40.5 Å². The Bertz CT molecular complexity index is 213. The van der Waals surface area contributed by atoms with Gasteiger partial charge in [-0.3, -0.25) is 0 Å². The molecule has 0 aliphatic carbocycles. The highest BCUT2D eigenvalue weighted by atomic mass is 14.9. The third-order valence-electron chi connectivity index (χ3n) is 5.39. The zero-order chi connectivity index (χ0) is 14.1. The first kappa shape index (κ1) is 17.0. The van der Waals surface area contributed by atoms with Gasteiger partial charge in [-0.2, -0.15) is 0 Å². The van der Waals surface area contributed by atoms with Crippen molar-refractivity contribution in [1.82, 2.24) is 10.6 Å². The molecule has 2 saturated heterocycles. The van der Waals surface area contributed by atoms with Gasteiger partial charge in [0.2, 0.25) is 0 Å². The van der Waals surface area contributed by atoms with E-state index in [9.17, 15) is 0 Å². The minimum absolute atomic E-state index is 0.572. The second kappa shape index (κ2) is 8.97. The summed E-state index contributed by atoms with van der Waals surface area (Å²) in [6, 6.07) is 0. The van der Waals surface area contributed by atoms with E-state index in [2.05, 4.69) is 38.3 Å². The first-order valence-corrected chi connectivity index (χ1v) is 8.51. The summed E-state index contributed by atoms with van der Waals surface area (Å²) < 4.78 is 0. The fourth-order valence-electron chi connectivity index (χ4n) is 3.18. The molecular formula is C17H36N2. The van der Waals surface area contributed by atoms with Crippen LogP contribution in [0, 0.1) is 17.3 Å². The summed E-state index contributed by atoms with van der Waals surface area (Å²) in [4.78, 5) is 0. The van der Waals surface area contributed by atoms with Gasteiger partial charge in [0, 0.05) is 0 Å². The van der Waals surface area contributed by atoms with Crippen molar-refractivity contribution in [2.75, 3.05) is 26.2 Å². The summed E-state index contributed by atoms with van der Waals surface area (Å²) in [6.07, 6.45) is 8.24. The van der Waals surface area contributed by atoms with Gasteiger partial charge < -0.3 is 10.6 Å². The van der Waals surface area contributed by atoms with Crippen molar-refractivity contribution in [3.63, 3.8) is 0 Å². The predicted octanol–water partition coefficient (Wildman–Crippen LogP) is 3.82. The lowest BCUT2D eigenvalue weighted by atomic mass is 9.72. The van der Waals surface area contributed by atoms with Crippen LogP contribution in [0.15, 0.2) is 0 Å². The SMILES string of the molecule is CCC(C)(C)C1CCNCC1.CCC1CCNCC1. The lowest BCUT2D eigenvalue weighted by Crippen LogP contribution is -2.35. The average Bonchev–Trinajstić information content (AvgIpc) is 2.49. The van der Waals surface area contributed by atoms with Crippen LogP contribution in [0.25, 0.3) is 0 Å². The van der Waals surface area contributed by atoms with Crippen LogP contribution in [0.1, 0.15) is 66.2 Å². The second-order valence-corrected chi connectivity index (χ2v) is 6.97. The summed E-state index contributed by atoms with van der Waals surface area (Å²) in [5.41, 5.74) is 0.572. The molecular weight excluding hydrogens is 232 g/mol. The quantitative estimate of drug-likeness (QED) is 0.813. The Balaban J connectivity index is 0.000000200. The van der Waals surface area contributed by atoms with Crippen LogP contribution in [0.4, 0.5) is 0 Å². The molecule has 2 rings (SSSR count). The maximum absolute atomic E-state index is 3.41. The highest BCUT2D eigenvalue weighted by molar-refractivity contribution is 4.80. The van der Waals surface area contributed by atoms with E-state index in [-0.39, 0.29) is 0 Å². The van der Waals surface area contributed by atoms with Crippen LogP contribution in [0.5, 0.6) is 0 Å². The summed E-state index contributed by atoms with van der Waals surface area (Å²) in [6.45, 7) is 14.4. The summed E-state index contributed by atoms with van der Waals surface area (Å²) >= 11 is 0. The Morgan fingerprint density at radius 2 is 1.32 bits per heavy atom. The van der Waals surface area contributed by atoms with Crippen LogP contribution < -0.4 is 10.6 Å². The smallest absolute Gasteiger partial charge is 0.00461 e. The average molecular weight is 268 g/mol. The van der Waals surface area contributed by atoms with Gasteiger partial charge in [0.05, 0.1) is 0 Å². The van der Waals surface area contributed by atoms with Crippen molar-refractivity contribution in [3.8, 4) is 0 Å². The molecule has 2 nitrogen and oxygen atoms in total. The molecule has 2 heteroatoms. The number of hydrogen-bond donors (Lipinski definition) is 2. The molecule has 2 aliphatic rings. The Morgan fingerprint density at radius 3 is 1.68 bits per heavy atom. The molecule has 0 spiro atoms. The maximum atomic E-state index is 3.41. The topological polar surface area (TPSA) is 24.1 Å². The first-order valence-electron chi connectivity index (χ1n) is 8.51. The molecule has 0 radical (unpaired) electrons. The van der Waals surface area contributed by atoms with E-state index in [4.69, 9.17) is 0 Å². The predicted molar refractivity (Wildman–Crippen MR) is 85.6 cm³/mol. The minimum atomic E-state index is 0.572. The molecule has 0 unspecified atom stereocenters. The molecule has 114 valence electrons. The molecule has 0 aromatic carbocycles. The zero-order valence-electron chi connectivity index (χ0n) is 13.7. The Labute approximate surface area is 121 Å². The van der Waals surface area contributed by atoms with Crippen molar-refractivity contribution in [1.29, 1.82) is 0 Å². The van der Waals surface area contributed by atoms with Gasteiger partial charge in [0.25, 0.3) is 0 Å². The number of nitrogens with one attached hydrogen (secondary N) is 2. The molecule has 19 heavy (non-hydrogen) atoms. The van der Waals surface area contributed by atoms with E-state index < -0.39 is 0 Å². The summed E-state index contributed by atoms with van der Waals surface area (Å²) in [7, 11) is 0. The summed E-state index contributed by atoms with van der Waals surface area (Å²) in [5, 5.41) is 6.76. The fraction of sp³-hybridized carbons (Fsp3) is 1.00. The van der Waals surface area contributed by atoms with Crippen LogP contribution in [-0.2, 0) is 0 Å². The van der Waals surface area contributed by atoms with E-state index in [1.54, 1.807) is 0 Å². The maximum Gasteiger partial charge on any atom is -0.00461 e. The lowest BCUT2D eigenvalue weighted by Gasteiger charge is -2.36. The molecule has 0 saturated carbocycles. The van der Waals surface area contributed by atoms with Crippen LogP contribution in [-0.4, -0.2) is 26.2 Å². The van der Waals surface area contributed by atoms with Gasteiger partial charge >= 0.3 is 0 Å². The Morgan fingerprint density at radius 1 is 0.842 bits per heavy atom. The van der Waals surface area contributed by atoms with E-state index in [0.717, 1.165) is 11.8 Å². The van der Waals surface area contributed by atoms with E-state index in [0.29, 0.717) is 5.41 Å². The third-order valence-corrected chi connectivity index (χ3v) is 5.39. The third kappa shape index (κ3) is 6.27. The van der Waals surface area contributed by atoms with Crippen LogP contribution in [0.2, 0.25) is 0 Å². The molecule has 2 fully saturated rings. The van der Waals surface area contributed by atoms with E-state index in [1.807, 2.05) is 0 Å². The van der Waals surface area contributed by atoms with Crippen LogP contribution >= 0.6 is 0 Å². The fourth-order valence-corrected chi connectivity index (χ4v) is 3.18. The van der Waals surface area contributed by atoms with Gasteiger partial charge in [-0.05, 0) is 69.1 Å². The molecule has 2 aliphatic heterocycles. The highest BCUT2D eigenvalue weighted by Gasteiger charge is 2.28. The van der Waals surface area contributed by atoms with Gasteiger partial charge in [0.15, 0.2) is 0 Å². The minimum Gasteiger partial charge on any atom is -0.317 e. The lowest BCUT2D eigenvalue weighted by molar-refractivity contribution is 0.160. The largest absolute Gasteiger partial charge is 0.317 e. The van der Waals surface area contributed by atoms with Gasteiger partial charge in [0.1, 0.15) is 0 Å². The van der Waals surface area contributed by atoms with E-state index >= 15 is 0 Å². The molecule has 0 aromatic heterocycles. The first-order chi connectivity index (χ1) is 9.10. The van der Waals surface area contributed by atoms with Gasteiger partial charge in [-0.25, -0.2) is 0 Å². The Hall–Kier alpha value is -0.0800. The molecule has 0 atom stereocenters. The van der Waals surface area contributed by atoms with Crippen molar-refractivity contribution < 1.29 is 0 Å². The normalized spacial score (nSPS) is 22.7. The number of rotatable bonds is 3. The van der Waals surface area contributed by atoms with Gasteiger partial charge in [-0.15, -0.1) is 0 Å². The molecule has 2 N–H and O–H groups in total. The van der Waals surface area contributed by atoms with Crippen molar-refractivity contribution in [2.45, 2.75) is 66.2 Å². The molecule has 2 heterocycles.